The second-order valence-corrected chi connectivity index (χ2v) is 14.4. The van der Waals surface area contributed by atoms with Crippen molar-refractivity contribution < 1.29 is 64.6 Å². The predicted molar refractivity (Wildman–Crippen MR) is 133 cm³/mol. The highest BCUT2D eigenvalue weighted by molar-refractivity contribution is 7.86. The molecule has 42 heavy (non-hydrogen) atoms. The van der Waals surface area contributed by atoms with Crippen molar-refractivity contribution in [2.75, 3.05) is 13.2 Å². The molecule has 1 aliphatic heterocycles. The molecular weight excluding hydrogens is 586 g/mol. The molecule has 15 heteroatoms. The highest BCUT2D eigenvalue weighted by Crippen LogP contribution is 2.64. The van der Waals surface area contributed by atoms with Crippen LogP contribution in [0.1, 0.15) is 52.4 Å². The molecule has 6 aliphatic rings. The van der Waals surface area contributed by atoms with E-state index in [0.29, 0.717) is 37.0 Å². The normalized spacial score (nSPS) is 41.9. The molecule has 0 spiro atoms. The molecule has 12 unspecified atom stereocenters. The molecule has 1 N–H and O–H groups in total. The molecule has 1 saturated heterocycles. The van der Waals surface area contributed by atoms with Crippen LogP contribution in [-0.2, 0) is 53.0 Å². The number of fused-ring (bicyclic) bond motifs is 6. The Morgan fingerprint density at radius 2 is 1.79 bits per heavy atom. The van der Waals surface area contributed by atoms with Crippen molar-refractivity contribution >= 4 is 34.0 Å². The molecule has 1 heterocycles. The number of halogens is 2. The van der Waals surface area contributed by atoms with Crippen LogP contribution in [0.25, 0.3) is 0 Å². The van der Waals surface area contributed by atoms with E-state index < -0.39 is 94.1 Å². The summed E-state index contributed by atoms with van der Waals surface area (Å²) in [6, 6.07) is 0. The molecule has 6 fully saturated rings. The minimum Gasteiger partial charge on any atom is -0.459 e. The summed E-state index contributed by atoms with van der Waals surface area (Å²) in [7, 11) is -5.83. The smallest absolute Gasteiger partial charge is 0.405 e. The number of alkyl halides is 2. The lowest BCUT2D eigenvalue weighted by molar-refractivity contribution is -0.182. The predicted octanol–water partition coefficient (Wildman–Crippen LogP) is 1.89. The molecule has 234 valence electrons. The van der Waals surface area contributed by atoms with E-state index in [1.54, 1.807) is 0 Å². The Morgan fingerprint density at radius 1 is 1.10 bits per heavy atom. The first-order valence-electron chi connectivity index (χ1n) is 14.4. The monoisotopic (exact) mass is 620 g/mol. The van der Waals surface area contributed by atoms with Gasteiger partial charge in [0, 0.05) is 17.8 Å². The van der Waals surface area contributed by atoms with Crippen molar-refractivity contribution in [2.45, 2.75) is 81.5 Å². The van der Waals surface area contributed by atoms with Gasteiger partial charge in [-0.2, -0.15) is 17.2 Å². The van der Waals surface area contributed by atoms with Gasteiger partial charge < -0.3 is 23.7 Å². The molecule has 4 bridgehead atoms. The van der Waals surface area contributed by atoms with Crippen molar-refractivity contribution in [1.82, 2.24) is 0 Å². The van der Waals surface area contributed by atoms with Crippen LogP contribution in [0.4, 0.5) is 8.78 Å². The SMILES string of the molecule is CC(OC(=O)COCC(=O)OC1C2CC3C1OC(=O)C3C2C(=O)OC1(C)CC2CC1C1CCCC21)C(F)(F)S(=O)(=O)O. The second-order valence-electron chi connectivity index (χ2n) is 12.9. The highest BCUT2D eigenvalue weighted by Gasteiger charge is 2.71. The van der Waals surface area contributed by atoms with E-state index in [1.807, 2.05) is 6.92 Å². The van der Waals surface area contributed by atoms with Crippen LogP contribution in [0.2, 0.25) is 0 Å². The van der Waals surface area contributed by atoms with E-state index >= 15 is 0 Å². The van der Waals surface area contributed by atoms with Gasteiger partial charge in [-0.15, -0.1) is 0 Å². The summed E-state index contributed by atoms with van der Waals surface area (Å²) in [5.74, 6) is -3.47. The second kappa shape index (κ2) is 10.1. The molecule has 0 amide bonds. The Kier molecular flexibility index (Phi) is 7.12. The number of carbonyl (C=O) groups is 4. The van der Waals surface area contributed by atoms with Crippen LogP contribution in [0.3, 0.4) is 0 Å². The van der Waals surface area contributed by atoms with Crippen molar-refractivity contribution in [1.29, 1.82) is 0 Å². The molecule has 12 nitrogen and oxygen atoms in total. The molecule has 12 atom stereocenters. The first-order chi connectivity index (χ1) is 19.6. The summed E-state index contributed by atoms with van der Waals surface area (Å²) in [4.78, 5) is 50.7. The van der Waals surface area contributed by atoms with E-state index in [1.165, 1.54) is 12.8 Å². The van der Waals surface area contributed by atoms with Gasteiger partial charge in [-0.25, -0.2) is 9.59 Å². The summed E-state index contributed by atoms with van der Waals surface area (Å²) >= 11 is 0. The summed E-state index contributed by atoms with van der Waals surface area (Å²) in [5.41, 5.74) is -0.589. The van der Waals surface area contributed by atoms with E-state index in [0.717, 1.165) is 19.3 Å². The molecular formula is C27H34F2O12S. The zero-order chi connectivity index (χ0) is 30.4. The minimum atomic E-state index is -5.83. The van der Waals surface area contributed by atoms with Gasteiger partial charge in [-0.3, -0.25) is 14.1 Å². The number of hydrogen-bond donors (Lipinski definition) is 1. The largest absolute Gasteiger partial charge is 0.459 e. The standard InChI is InChI=1S/C27H34F2O12S/c1-11(27(28,29)42(34,35)36)38-18(30)9-37-10-19(31)39-22-16-7-15-20(24(32)40-23(15)22)21(16)25(33)41-26(2)8-12-6-17(26)14-5-3-4-13(12)14/h11-17,20-23H,3-10H2,1-2H3,(H,34,35,36). The number of carbonyl (C=O) groups excluding carboxylic acids is 4. The van der Waals surface area contributed by atoms with Gasteiger partial charge in [0.2, 0.25) is 0 Å². The molecule has 6 rings (SSSR count). The highest BCUT2D eigenvalue weighted by atomic mass is 32.2. The first-order valence-corrected chi connectivity index (χ1v) is 15.8. The molecule has 5 saturated carbocycles. The van der Waals surface area contributed by atoms with Gasteiger partial charge in [0.1, 0.15) is 31.0 Å². The molecule has 0 aromatic carbocycles. The molecule has 0 aromatic rings. The third kappa shape index (κ3) is 4.61. The summed E-state index contributed by atoms with van der Waals surface area (Å²) < 4.78 is 83.7. The molecule has 0 aromatic heterocycles. The van der Waals surface area contributed by atoms with E-state index in [-0.39, 0.29) is 5.92 Å². The third-order valence-corrected chi connectivity index (χ3v) is 11.8. The zero-order valence-corrected chi connectivity index (χ0v) is 23.9. The van der Waals surface area contributed by atoms with E-state index in [4.69, 9.17) is 23.5 Å². The first kappa shape index (κ1) is 29.7. The fraction of sp³-hybridized carbons (Fsp3) is 0.852. The van der Waals surface area contributed by atoms with Gasteiger partial charge in [-0.05, 0) is 63.7 Å². The topological polar surface area (TPSA) is 169 Å². The van der Waals surface area contributed by atoms with Gasteiger partial charge in [0.15, 0.2) is 6.10 Å². The Labute approximate surface area is 240 Å². The maximum Gasteiger partial charge on any atom is 0.405 e. The van der Waals surface area contributed by atoms with Crippen molar-refractivity contribution in [3.63, 3.8) is 0 Å². The van der Waals surface area contributed by atoms with Gasteiger partial charge in [0.05, 0.1) is 11.8 Å². The van der Waals surface area contributed by atoms with Gasteiger partial charge in [0.25, 0.3) is 0 Å². The van der Waals surface area contributed by atoms with Crippen LogP contribution in [0.15, 0.2) is 0 Å². The lowest BCUT2D eigenvalue weighted by atomic mass is 9.73. The minimum absolute atomic E-state index is 0.299. The van der Waals surface area contributed by atoms with Crippen molar-refractivity contribution in [3.05, 3.63) is 0 Å². The number of rotatable bonds is 10. The fourth-order valence-corrected chi connectivity index (χ4v) is 9.65. The Morgan fingerprint density at radius 3 is 2.50 bits per heavy atom. The van der Waals surface area contributed by atoms with Crippen LogP contribution >= 0.6 is 0 Å². The van der Waals surface area contributed by atoms with Gasteiger partial charge >= 0.3 is 39.2 Å². The number of ether oxygens (including phenoxy) is 5. The van der Waals surface area contributed by atoms with Crippen LogP contribution in [0.5, 0.6) is 0 Å². The summed E-state index contributed by atoms with van der Waals surface area (Å²) in [5, 5.41) is -4.74. The summed E-state index contributed by atoms with van der Waals surface area (Å²) in [6.45, 7) is 0.776. The maximum absolute atomic E-state index is 13.6. The number of esters is 4. The average Bonchev–Trinajstić information content (AvgIpc) is 3.69. The Balaban J connectivity index is 1.04. The zero-order valence-electron chi connectivity index (χ0n) is 23.1. The molecule has 0 radical (unpaired) electrons. The van der Waals surface area contributed by atoms with Crippen molar-refractivity contribution in [3.8, 4) is 0 Å². The lowest BCUT2D eigenvalue weighted by Gasteiger charge is -2.41. The Bertz CT molecular complexity index is 1290. The molecule has 5 aliphatic carbocycles. The van der Waals surface area contributed by atoms with Crippen LogP contribution in [-0.4, -0.2) is 79.2 Å². The quantitative estimate of drug-likeness (QED) is 0.214. The van der Waals surface area contributed by atoms with E-state index in [9.17, 15) is 36.4 Å². The number of hydrogen-bond acceptors (Lipinski definition) is 11. The average molecular weight is 621 g/mol. The lowest BCUT2D eigenvalue weighted by Crippen LogP contribution is -2.48. The van der Waals surface area contributed by atoms with Crippen LogP contribution in [0, 0.1) is 47.3 Å². The summed E-state index contributed by atoms with van der Waals surface area (Å²) in [6.07, 6.45) is 1.75. The fourth-order valence-electron chi connectivity index (χ4n) is 9.18. The van der Waals surface area contributed by atoms with E-state index in [2.05, 4.69) is 4.74 Å². The maximum atomic E-state index is 13.6. The third-order valence-electron chi connectivity index (χ3n) is 10.7. The van der Waals surface area contributed by atoms with Crippen LogP contribution < -0.4 is 0 Å². The Hall–Kier alpha value is -2.39. The van der Waals surface area contributed by atoms with Gasteiger partial charge in [-0.1, -0.05) is 6.42 Å². The van der Waals surface area contributed by atoms with Crippen molar-refractivity contribution in [2.24, 2.45) is 47.3 Å².